The number of carbonyl (C=O) groups excluding carboxylic acids is 3. The fourth-order valence-corrected chi connectivity index (χ4v) is 3.46. The van der Waals surface area contributed by atoms with Crippen LogP contribution in [0, 0.1) is 0 Å². The molecule has 3 amide bonds. The van der Waals surface area contributed by atoms with Crippen molar-refractivity contribution in [3.8, 4) is 0 Å². The van der Waals surface area contributed by atoms with Crippen molar-refractivity contribution < 1.29 is 14.4 Å². The molecule has 8 heteroatoms. The molecule has 1 saturated carbocycles. The Hall–Kier alpha value is -1.67. The number of hydrogen-bond acceptors (Lipinski definition) is 5. The van der Waals surface area contributed by atoms with E-state index in [2.05, 4.69) is 10.2 Å². The SMILES string of the molecule is CC[C@@H](C)N(CC(N)=O)C(=O)CN(C(=O)CNCCN1CCCC1)C1CC1. The van der Waals surface area contributed by atoms with E-state index < -0.39 is 5.91 Å². The molecule has 0 bridgehead atoms. The maximum Gasteiger partial charge on any atom is 0.242 e. The summed E-state index contributed by atoms with van der Waals surface area (Å²) in [7, 11) is 0. The minimum atomic E-state index is -0.531. The van der Waals surface area contributed by atoms with Crippen molar-refractivity contribution in [1.82, 2.24) is 20.0 Å². The lowest BCUT2D eigenvalue weighted by molar-refractivity contribution is -0.143. The average molecular weight is 382 g/mol. The van der Waals surface area contributed by atoms with Crippen LogP contribution >= 0.6 is 0 Å². The number of nitrogens with two attached hydrogens (primary N) is 1. The second-order valence-corrected chi connectivity index (χ2v) is 7.72. The first kappa shape index (κ1) is 21.6. The maximum absolute atomic E-state index is 12.7. The van der Waals surface area contributed by atoms with Crippen molar-refractivity contribution >= 4 is 17.7 Å². The van der Waals surface area contributed by atoms with Gasteiger partial charge in [-0.2, -0.15) is 0 Å². The molecule has 2 aliphatic rings. The third-order valence-electron chi connectivity index (χ3n) is 5.46. The van der Waals surface area contributed by atoms with Gasteiger partial charge in [0, 0.05) is 25.2 Å². The van der Waals surface area contributed by atoms with Crippen LogP contribution in [0.15, 0.2) is 0 Å². The molecule has 1 aliphatic carbocycles. The molecule has 0 spiro atoms. The van der Waals surface area contributed by atoms with Gasteiger partial charge in [-0.15, -0.1) is 0 Å². The van der Waals surface area contributed by atoms with Crippen LogP contribution in [0.1, 0.15) is 46.0 Å². The van der Waals surface area contributed by atoms with Crippen LogP contribution in [0.4, 0.5) is 0 Å². The molecule has 0 aromatic rings. The normalized spacial score (nSPS) is 18.3. The third-order valence-corrected chi connectivity index (χ3v) is 5.46. The van der Waals surface area contributed by atoms with Gasteiger partial charge in [0.15, 0.2) is 0 Å². The van der Waals surface area contributed by atoms with Crippen LogP contribution in [0.25, 0.3) is 0 Å². The highest BCUT2D eigenvalue weighted by molar-refractivity contribution is 5.89. The highest BCUT2D eigenvalue weighted by Gasteiger charge is 2.35. The molecular formula is C19H35N5O3. The van der Waals surface area contributed by atoms with Crippen molar-refractivity contribution in [1.29, 1.82) is 0 Å². The Morgan fingerprint density at radius 2 is 1.81 bits per heavy atom. The van der Waals surface area contributed by atoms with Crippen molar-refractivity contribution in [2.24, 2.45) is 5.73 Å². The Bertz CT molecular complexity index is 517. The Labute approximate surface area is 162 Å². The zero-order valence-corrected chi connectivity index (χ0v) is 16.8. The molecule has 2 fully saturated rings. The first-order chi connectivity index (χ1) is 12.9. The molecule has 154 valence electrons. The van der Waals surface area contributed by atoms with E-state index in [1.165, 1.54) is 17.7 Å². The third kappa shape index (κ3) is 7.10. The Morgan fingerprint density at radius 3 is 2.37 bits per heavy atom. The number of nitrogens with one attached hydrogen (secondary N) is 1. The summed E-state index contributed by atoms with van der Waals surface area (Å²) in [5.74, 6) is -0.785. The molecule has 0 aromatic carbocycles. The molecule has 1 heterocycles. The highest BCUT2D eigenvalue weighted by Crippen LogP contribution is 2.27. The number of hydrogen-bond donors (Lipinski definition) is 2. The molecule has 3 N–H and O–H groups in total. The second kappa shape index (κ2) is 10.6. The zero-order chi connectivity index (χ0) is 19.8. The van der Waals surface area contributed by atoms with Gasteiger partial charge in [0.25, 0.3) is 0 Å². The monoisotopic (exact) mass is 381 g/mol. The lowest BCUT2D eigenvalue weighted by Gasteiger charge is -2.31. The Kier molecular flexibility index (Phi) is 8.50. The van der Waals surface area contributed by atoms with Crippen LogP contribution < -0.4 is 11.1 Å². The van der Waals surface area contributed by atoms with Gasteiger partial charge in [-0.05, 0) is 52.1 Å². The standard InChI is InChI=1S/C19H35N5O3/c1-3-15(2)23(13-17(20)25)19(27)14-24(16-6-7-16)18(26)12-21-8-11-22-9-4-5-10-22/h15-16,21H,3-14H2,1-2H3,(H2,20,25)/t15-/m1/s1. The topological polar surface area (TPSA) is 99.0 Å². The van der Waals surface area contributed by atoms with E-state index in [-0.39, 0.29) is 43.5 Å². The summed E-state index contributed by atoms with van der Waals surface area (Å²) in [4.78, 5) is 42.2. The van der Waals surface area contributed by atoms with Gasteiger partial charge in [-0.3, -0.25) is 14.4 Å². The molecule has 27 heavy (non-hydrogen) atoms. The van der Waals surface area contributed by atoms with E-state index in [9.17, 15) is 14.4 Å². The predicted octanol–water partition coefficient (Wildman–Crippen LogP) is -0.225. The Balaban J connectivity index is 1.82. The largest absolute Gasteiger partial charge is 0.368 e. The summed E-state index contributed by atoms with van der Waals surface area (Å²) in [6, 6.07) is 0.0638. The van der Waals surface area contributed by atoms with Crippen LogP contribution in [-0.4, -0.2) is 90.3 Å². The molecule has 0 aromatic heterocycles. The number of carbonyl (C=O) groups is 3. The number of amides is 3. The number of nitrogens with zero attached hydrogens (tertiary/aromatic N) is 3. The van der Waals surface area contributed by atoms with E-state index in [1.807, 2.05) is 13.8 Å². The molecule has 0 unspecified atom stereocenters. The van der Waals surface area contributed by atoms with Gasteiger partial charge < -0.3 is 25.8 Å². The molecular weight excluding hydrogens is 346 g/mol. The minimum Gasteiger partial charge on any atom is -0.368 e. The van der Waals surface area contributed by atoms with Crippen molar-refractivity contribution in [3.05, 3.63) is 0 Å². The zero-order valence-electron chi connectivity index (χ0n) is 16.8. The fourth-order valence-electron chi connectivity index (χ4n) is 3.46. The first-order valence-electron chi connectivity index (χ1n) is 10.2. The minimum absolute atomic E-state index is 0.0227. The van der Waals surface area contributed by atoms with E-state index >= 15 is 0 Å². The molecule has 1 saturated heterocycles. The van der Waals surface area contributed by atoms with Crippen molar-refractivity contribution in [3.63, 3.8) is 0 Å². The number of rotatable bonds is 12. The lowest BCUT2D eigenvalue weighted by atomic mass is 10.2. The lowest BCUT2D eigenvalue weighted by Crippen LogP contribution is -2.51. The average Bonchev–Trinajstić information content (AvgIpc) is 3.35. The van der Waals surface area contributed by atoms with E-state index in [4.69, 9.17) is 5.73 Å². The quantitative estimate of drug-likeness (QED) is 0.455. The van der Waals surface area contributed by atoms with E-state index in [1.54, 1.807) is 4.90 Å². The smallest absolute Gasteiger partial charge is 0.242 e. The summed E-state index contributed by atoms with van der Waals surface area (Å²) >= 11 is 0. The molecule has 1 aliphatic heterocycles. The van der Waals surface area contributed by atoms with E-state index in [0.29, 0.717) is 0 Å². The van der Waals surface area contributed by atoms with Gasteiger partial charge in [0.2, 0.25) is 17.7 Å². The molecule has 1 atom stereocenters. The second-order valence-electron chi connectivity index (χ2n) is 7.72. The molecule has 8 nitrogen and oxygen atoms in total. The summed E-state index contributed by atoms with van der Waals surface area (Å²) in [5, 5.41) is 3.21. The van der Waals surface area contributed by atoms with Crippen molar-refractivity contribution in [2.75, 3.05) is 45.8 Å². The van der Waals surface area contributed by atoms with Gasteiger partial charge >= 0.3 is 0 Å². The van der Waals surface area contributed by atoms with Gasteiger partial charge in [0.1, 0.15) is 6.54 Å². The van der Waals surface area contributed by atoms with Crippen LogP contribution in [0.2, 0.25) is 0 Å². The summed E-state index contributed by atoms with van der Waals surface area (Å²) < 4.78 is 0. The number of likely N-dealkylation sites (tertiary alicyclic amines) is 1. The molecule has 2 rings (SSSR count). The van der Waals surface area contributed by atoms with Crippen LogP contribution in [-0.2, 0) is 14.4 Å². The summed E-state index contributed by atoms with van der Waals surface area (Å²) in [6.45, 7) is 8.03. The van der Waals surface area contributed by atoms with Gasteiger partial charge in [-0.1, -0.05) is 6.92 Å². The summed E-state index contributed by atoms with van der Waals surface area (Å²) in [6.07, 6.45) is 5.12. The first-order valence-corrected chi connectivity index (χ1v) is 10.2. The predicted molar refractivity (Wildman–Crippen MR) is 104 cm³/mol. The van der Waals surface area contributed by atoms with Gasteiger partial charge in [-0.25, -0.2) is 0 Å². The molecule has 0 radical (unpaired) electrons. The van der Waals surface area contributed by atoms with Crippen molar-refractivity contribution in [2.45, 2.75) is 58.0 Å². The highest BCUT2D eigenvalue weighted by atomic mass is 16.2. The Morgan fingerprint density at radius 1 is 1.15 bits per heavy atom. The van der Waals surface area contributed by atoms with Gasteiger partial charge in [0.05, 0.1) is 13.1 Å². The summed E-state index contributed by atoms with van der Waals surface area (Å²) in [5.41, 5.74) is 5.29. The van der Waals surface area contributed by atoms with Crippen LogP contribution in [0.3, 0.4) is 0 Å². The van der Waals surface area contributed by atoms with E-state index in [0.717, 1.165) is 45.4 Å². The fraction of sp³-hybridized carbons (Fsp3) is 0.842. The van der Waals surface area contributed by atoms with Crippen LogP contribution in [0.5, 0.6) is 0 Å². The maximum atomic E-state index is 12.7. The number of primary amides is 1.